The Hall–Kier alpha value is -1.51. The Morgan fingerprint density at radius 2 is 2.28 bits per heavy atom. The topological polar surface area (TPSA) is 91.3 Å². The number of hydrogen-bond donors (Lipinski definition) is 3. The summed E-state index contributed by atoms with van der Waals surface area (Å²) in [5.41, 5.74) is 5.25. The number of nitrogens with zero attached hydrogens (tertiary/aromatic N) is 2. The van der Waals surface area contributed by atoms with Crippen molar-refractivity contribution in [2.45, 2.75) is 24.6 Å². The lowest BCUT2D eigenvalue weighted by Gasteiger charge is -2.30. The lowest BCUT2D eigenvalue weighted by Crippen LogP contribution is -2.41. The number of halogens is 2. The summed E-state index contributed by atoms with van der Waals surface area (Å²) in [6, 6.07) is 0. The second-order valence-electron chi connectivity index (χ2n) is 3.98. The maximum Gasteiger partial charge on any atom is 0.181 e. The van der Waals surface area contributed by atoms with E-state index < -0.39 is 37.0 Å². The van der Waals surface area contributed by atoms with Crippen LogP contribution in [0.25, 0.3) is 0 Å². The molecule has 8 heteroatoms. The van der Waals surface area contributed by atoms with E-state index in [1.807, 2.05) is 0 Å². The second-order valence-corrected chi connectivity index (χ2v) is 3.98. The molecule has 18 heavy (non-hydrogen) atoms. The third-order valence-corrected chi connectivity index (χ3v) is 2.79. The molecule has 0 aliphatic carbocycles. The molecule has 0 bridgehead atoms. The van der Waals surface area contributed by atoms with Crippen molar-refractivity contribution >= 4 is 5.84 Å². The van der Waals surface area contributed by atoms with Gasteiger partial charge in [0.25, 0.3) is 0 Å². The molecule has 2 rings (SSSR count). The molecule has 0 amide bonds. The monoisotopic (exact) mass is 261 g/mol. The van der Waals surface area contributed by atoms with E-state index in [1.165, 1.54) is 0 Å². The van der Waals surface area contributed by atoms with Crippen LogP contribution in [0.3, 0.4) is 0 Å². The van der Waals surface area contributed by atoms with Gasteiger partial charge in [0.1, 0.15) is 18.0 Å². The van der Waals surface area contributed by atoms with Crippen molar-refractivity contribution in [2.75, 3.05) is 6.61 Å². The van der Waals surface area contributed by atoms with Crippen molar-refractivity contribution in [2.24, 2.45) is 10.7 Å². The molecule has 2 aliphatic heterocycles. The third kappa shape index (κ3) is 1.98. The highest BCUT2D eigenvalue weighted by atomic mass is 19.1. The number of aliphatic imine (C=N–C) groups is 1. The minimum atomic E-state index is -1.77. The van der Waals surface area contributed by atoms with Gasteiger partial charge in [-0.25, -0.2) is 13.8 Å². The molecular weight excluding hydrogens is 248 g/mol. The fourth-order valence-corrected chi connectivity index (χ4v) is 1.82. The molecule has 1 saturated heterocycles. The van der Waals surface area contributed by atoms with E-state index in [0.29, 0.717) is 0 Å². The van der Waals surface area contributed by atoms with E-state index in [0.717, 1.165) is 11.1 Å². The van der Waals surface area contributed by atoms with Crippen molar-refractivity contribution in [3.05, 3.63) is 24.4 Å². The van der Waals surface area contributed by atoms with Crippen LogP contribution in [0.1, 0.15) is 0 Å². The molecule has 0 aromatic rings. The van der Waals surface area contributed by atoms with Gasteiger partial charge < -0.3 is 25.6 Å². The van der Waals surface area contributed by atoms with Gasteiger partial charge in [0.15, 0.2) is 24.1 Å². The van der Waals surface area contributed by atoms with Gasteiger partial charge in [0.05, 0.1) is 6.61 Å². The minimum absolute atomic E-state index is 0.0174. The number of alkyl halides is 1. The fraction of sp³-hybridized carbons (Fsp3) is 0.500. The number of rotatable bonds is 2. The van der Waals surface area contributed by atoms with Crippen LogP contribution in [0.15, 0.2) is 29.4 Å². The number of ether oxygens (including phenoxy) is 1. The molecule has 4 N–H and O–H groups in total. The highest BCUT2D eigenvalue weighted by molar-refractivity contribution is 5.96. The SMILES string of the molecule is C=C1N=C(N)C(F)=CN1[C@@H]1O[C@H](CO)[C@H](F)C1O. The van der Waals surface area contributed by atoms with Crippen LogP contribution in [0.5, 0.6) is 0 Å². The molecule has 0 saturated carbocycles. The summed E-state index contributed by atoms with van der Waals surface area (Å²) < 4.78 is 31.9. The molecular formula is C10H13F2N3O3. The van der Waals surface area contributed by atoms with Crippen LogP contribution >= 0.6 is 0 Å². The zero-order valence-electron chi connectivity index (χ0n) is 9.33. The van der Waals surface area contributed by atoms with Crippen LogP contribution in [-0.2, 0) is 4.74 Å². The zero-order valence-corrected chi connectivity index (χ0v) is 9.33. The van der Waals surface area contributed by atoms with Crippen molar-refractivity contribution in [1.29, 1.82) is 0 Å². The molecule has 0 aromatic carbocycles. The normalized spacial score (nSPS) is 36.7. The smallest absolute Gasteiger partial charge is 0.181 e. The molecule has 6 nitrogen and oxygen atoms in total. The number of nitrogens with two attached hydrogens (primary N) is 1. The van der Waals surface area contributed by atoms with E-state index in [1.54, 1.807) is 0 Å². The molecule has 4 atom stereocenters. The Labute approximate surface area is 102 Å². The number of aliphatic hydroxyl groups excluding tert-OH is 2. The summed E-state index contributed by atoms with van der Waals surface area (Å²) in [6.07, 6.45) is -4.76. The predicted molar refractivity (Wildman–Crippen MR) is 58.4 cm³/mol. The van der Waals surface area contributed by atoms with Crippen LogP contribution in [0.4, 0.5) is 8.78 Å². The highest BCUT2D eigenvalue weighted by Crippen LogP contribution is 2.30. The predicted octanol–water partition coefficient (Wildman–Crippen LogP) is -0.643. The number of aliphatic hydroxyl groups is 2. The van der Waals surface area contributed by atoms with Gasteiger partial charge in [-0.05, 0) is 0 Å². The first-order valence-electron chi connectivity index (χ1n) is 5.23. The van der Waals surface area contributed by atoms with E-state index in [-0.39, 0.29) is 11.7 Å². The number of hydrogen-bond acceptors (Lipinski definition) is 6. The van der Waals surface area contributed by atoms with Gasteiger partial charge in [0.2, 0.25) is 0 Å². The largest absolute Gasteiger partial charge is 0.394 e. The Bertz CT molecular complexity index is 427. The first-order chi connectivity index (χ1) is 8.45. The molecule has 2 aliphatic rings. The Morgan fingerprint density at radius 3 is 2.83 bits per heavy atom. The summed E-state index contributed by atoms with van der Waals surface area (Å²) in [7, 11) is 0. The highest BCUT2D eigenvalue weighted by Gasteiger charge is 2.47. The minimum Gasteiger partial charge on any atom is -0.394 e. The molecule has 0 aromatic heterocycles. The van der Waals surface area contributed by atoms with Crippen molar-refractivity contribution in [3.8, 4) is 0 Å². The Morgan fingerprint density at radius 1 is 1.61 bits per heavy atom. The lowest BCUT2D eigenvalue weighted by molar-refractivity contribution is -0.0692. The summed E-state index contributed by atoms with van der Waals surface area (Å²) in [4.78, 5) is 4.65. The summed E-state index contributed by atoms with van der Waals surface area (Å²) in [5, 5.41) is 18.5. The van der Waals surface area contributed by atoms with Crippen LogP contribution in [-0.4, -0.2) is 52.2 Å². The third-order valence-electron chi connectivity index (χ3n) is 2.79. The molecule has 0 radical (unpaired) electrons. The Kier molecular flexibility index (Phi) is 3.33. The van der Waals surface area contributed by atoms with Gasteiger partial charge in [-0.3, -0.25) is 0 Å². The van der Waals surface area contributed by atoms with Crippen molar-refractivity contribution in [3.63, 3.8) is 0 Å². The summed E-state index contributed by atoms with van der Waals surface area (Å²) in [5.74, 6) is -1.16. The van der Waals surface area contributed by atoms with Gasteiger partial charge >= 0.3 is 0 Å². The summed E-state index contributed by atoms with van der Waals surface area (Å²) >= 11 is 0. The molecule has 1 unspecified atom stereocenters. The summed E-state index contributed by atoms with van der Waals surface area (Å²) in [6.45, 7) is 2.92. The van der Waals surface area contributed by atoms with E-state index in [9.17, 15) is 13.9 Å². The van der Waals surface area contributed by atoms with Crippen molar-refractivity contribution in [1.82, 2.24) is 4.90 Å². The molecule has 2 heterocycles. The van der Waals surface area contributed by atoms with Gasteiger partial charge in [-0.2, -0.15) is 0 Å². The van der Waals surface area contributed by atoms with Crippen LogP contribution < -0.4 is 5.73 Å². The maximum absolute atomic E-state index is 13.5. The van der Waals surface area contributed by atoms with Crippen LogP contribution in [0.2, 0.25) is 0 Å². The molecule has 0 spiro atoms. The average Bonchev–Trinajstić information content (AvgIpc) is 2.61. The van der Waals surface area contributed by atoms with Gasteiger partial charge in [0, 0.05) is 6.20 Å². The van der Waals surface area contributed by atoms with E-state index in [4.69, 9.17) is 15.6 Å². The average molecular weight is 261 g/mol. The van der Waals surface area contributed by atoms with Gasteiger partial charge in [-0.1, -0.05) is 6.58 Å². The molecule has 1 fully saturated rings. The fourth-order valence-electron chi connectivity index (χ4n) is 1.82. The van der Waals surface area contributed by atoms with Gasteiger partial charge in [-0.15, -0.1) is 0 Å². The van der Waals surface area contributed by atoms with E-state index >= 15 is 0 Å². The van der Waals surface area contributed by atoms with Crippen LogP contribution in [0, 0.1) is 0 Å². The Balaban J connectivity index is 2.21. The maximum atomic E-state index is 13.5. The first kappa shape index (κ1) is 12.9. The first-order valence-corrected chi connectivity index (χ1v) is 5.23. The lowest BCUT2D eigenvalue weighted by atomic mass is 10.1. The van der Waals surface area contributed by atoms with Crippen molar-refractivity contribution < 1.29 is 23.7 Å². The quantitative estimate of drug-likeness (QED) is 0.615. The van der Waals surface area contributed by atoms with E-state index in [2.05, 4.69) is 11.6 Å². The standard InChI is InChI=1S/C10H13F2N3O3/c1-4-14-9(13)5(11)2-15(4)10-8(17)7(12)6(3-16)18-10/h2,6-8,10,16-17H,1,3H2,(H2,13,14)/t6-,7+,8?,10-/m1/s1. The number of amidine groups is 1. The molecule has 100 valence electrons. The second kappa shape index (κ2) is 4.63. The zero-order chi connectivity index (χ0) is 13.4.